The molecule has 0 radical (unpaired) electrons. The van der Waals surface area contributed by atoms with Gasteiger partial charge in [0.2, 0.25) is 0 Å². The number of rotatable bonds is 7. The molecule has 0 bridgehead atoms. The standard InChI is InChI=1S/C29H22Cl2N2O4/c1-16(2)28-22(27(33-37-28)26-23(30)4-3-5-24(26)31)15-36-21-10-8-17-12-19(7-6-18(17)13-21)25-11-9-20(14-32-25)29(34)35/h3-14,16H,15H2,1-2H3,(H,34,35). The maximum atomic E-state index is 11.1. The van der Waals surface area contributed by atoms with Gasteiger partial charge in [-0.1, -0.05) is 66.5 Å². The molecule has 2 heterocycles. The van der Waals surface area contributed by atoms with Crippen LogP contribution in [0.5, 0.6) is 5.75 Å². The molecule has 2 aromatic heterocycles. The van der Waals surface area contributed by atoms with Crippen LogP contribution in [0, 0.1) is 0 Å². The largest absolute Gasteiger partial charge is 0.489 e. The number of fused-ring (bicyclic) bond motifs is 1. The molecule has 0 amide bonds. The van der Waals surface area contributed by atoms with Crippen LogP contribution in [-0.2, 0) is 6.61 Å². The van der Waals surface area contributed by atoms with Crippen molar-refractivity contribution in [3.05, 3.63) is 99.9 Å². The second kappa shape index (κ2) is 10.2. The van der Waals surface area contributed by atoms with E-state index >= 15 is 0 Å². The third-order valence-electron chi connectivity index (χ3n) is 6.04. The molecule has 0 aliphatic heterocycles. The maximum absolute atomic E-state index is 11.1. The summed E-state index contributed by atoms with van der Waals surface area (Å²) in [6, 6.07) is 20.4. The van der Waals surface area contributed by atoms with E-state index in [9.17, 15) is 4.79 Å². The van der Waals surface area contributed by atoms with Crippen LogP contribution in [-0.4, -0.2) is 21.2 Å². The van der Waals surface area contributed by atoms with Crippen LogP contribution in [0.4, 0.5) is 0 Å². The number of carboxylic acid groups (broad SMARTS) is 1. The molecule has 0 aliphatic rings. The number of aromatic carboxylic acids is 1. The third kappa shape index (κ3) is 5.03. The van der Waals surface area contributed by atoms with Crippen LogP contribution < -0.4 is 4.74 Å². The van der Waals surface area contributed by atoms with Crippen molar-refractivity contribution in [2.75, 3.05) is 0 Å². The number of carbonyl (C=O) groups is 1. The Morgan fingerprint density at radius 2 is 1.73 bits per heavy atom. The Balaban J connectivity index is 1.41. The molecule has 3 aromatic carbocycles. The van der Waals surface area contributed by atoms with E-state index in [4.69, 9.17) is 37.6 Å². The minimum absolute atomic E-state index is 0.0920. The molecule has 0 aliphatic carbocycles. The summed E-state index contributed by atoms with van der Waals surface area (Å²) >= 11 is 12.9. The van der Waals surface area contributed by atoms with E-state index < -0.39 is 5.97 Å². The van der Waals surface area contributed by atoms with E-state index in [1.807, 2.05) is 50.2 Å². The smallest absolute Gasteiger partial charge is 0.337 e. The topological polar surface area (TPSA) is 85.5 Å². The van der Waals surface area contributed by atoms with Gasteiger partial charge in [-0.2, -0.15) is 0 Å². The zero-order valence-corrected chi connectivity index (χ0v) is 21.5. The minimum Gasteiger partial charge on any atom is -0.489 e. The molecule has 0 atom stereocenters. The summed E-state index contributed by atoms with van der Waals surface area (Å²) in [6.45, 7) is 4.29. The molecule has 5 aromatic rings. The quantitative estimate of drug-likeness (QED) is 0.227. The summed E-state index contributed by atoms with van der Waals surface area (Å²) in [6.07, 6.45) is 1.36. The fourth-order valence-corrected chi connectivity index (χ4v) is 4.73. The lowest BCUT2D eigenvalue weighted by Gasteiger charge is -2.11. The first-order valence-corrected chi connectivity index (χ1v) is 12.4. The number of nitrogens with zero attached hydrogens (tertiary/aromatic N) is 2. The number of pyridine rings is 1. The molecule has 0 spiro atoms. The molecule has 37 heavy (non-hydrogen) atoms. The molecule has 0 saturated heterocycles. The van der Waals surface area contributed by atoms with Crippen molar-refractivity contribution in [1.29, 1.82) is 0 Å². The number of carboxylic acids is 1. The van der Waals surface area contributed by atoms with Crippen molar-refractivity contribution < 1.29 is 19.2 Å². The van der Waals surface area contributed by atoms with Gasteiger partial charge in [0.05, 0.1) is 26.9 Å². The molecule has 8 heteroatoms. The predicted octanol–water partition coefficient (Wildman–Crippen LogP) is 8.26. The lowest BCUT2D eigenvalue weighted by molar-refractivity contribution is 0.0696. The van der Waals surface area contributed by atoms with Gasteiger partial charge in [-0.15, -0.1) is 0 Å². The van der Waals surface area contributed by atoms with Gasteiger partial charge in [-0.05, 0) is 53.2 Å². The van der Waals surface area contributed by atoms with Gasteiger partial charge in [-0.25, -0.2) is 4.79 Å². The first kappa shape index (κ1) is 24.8. The average Bonchev–Trinajstić information content (AvgIpc) is 3.31. The normalized spacial score (nSPS) is 11.3. The van der Waals surface area contributed by atoms with Crippen molar-refractivity contribution in [2.24, 2.45) is 0 Å². The Morgan fingerprint density at radius 3 is 2.41 bits per heavy atom. The van der Waals surface area contributed by atoms with E-state index in [1.54, 1.807) is 30.3 Å². The summed E-state index contributed by atoms with van der Waals surface area (Å²) in [7, 11) is 0. The van der Waals surface area contributed by atoms with E-state index in [-0.39, 0.29) is 18.1 Å². The van der Waals surface area contributed by atoms with Gasteiger partial charge in [0.1, 0.15) is 23.8 Å². The predicted molar refractivity (Wildman–Crippen MR) is 145 cm³/mol. The van der Waals surface area contributed by atoms with Gasteiger partial charge < -0.3 is 14.4 Å². The number of halogens is 2. The zero-order chi connectivity index (χ0) is 26.1. The molecule has 186 valence electrons. The highest BCUT2D eigenvalue weighted by molar-refractivity contribution is 6.39. The lowest BCUT2D eigenvalue weighted by atomic mass is 10.0. The SMILES string of the molecule is CC(C)c1onc(-c2c(Cl)cccc2Cl)c1COc1ccc2cc(-c3ccc(C(=O)O)cn3)ccc2c1. The van der Waals surface area contributed by atoms with E-state index in [0.29, 0.717) is 32.7 Å². The summed E-state index contributed by atoms with van der Waals surface area (Å²) in [5, 5.41) is 16.3. The summed E-state index contributed by atoms with van der Waals surface area (Å²) in [5.41, 5.74) is 3.75. The fourth-order valence-electron chi connectivity index (χ4n) is 4.16. The average molecular weight is 533 g/mol. The summed E-state index contributed by atoms with van der Waals surface area (Å²) in [5.74, 6) is 0.502. The second-order valence-electron chi connectivity index (χ2n) is 8.88. The highest BCUT2D eigenvalue weighted by Crippen LogP contribution is 2.39. The van der Waals surface area contributed by atoms with E-state index in [1.165, 1.54) is 6.20 Å². The van der Waals surface area contributed by atoms with E-state index in [0.717, 1.165) is 27.7 Å². The third-order valence-corrected chi connectivity index (χ3v) is 6.67. The fraction of sp³-hybridized carbons (Fsp3) is 0.138. The van der Waals surface area contributed by atoms with Crippen LogP contribution in [0.2, 0.25) is 10.0 Å². The second-order valence-corrected chi connectivity index (χ2v) is 9.69. The molecular formula is C29H22Cl2N2O4. The molecule has 6 nitrogen and oxygen atoms in total. The van der Waals surface area contributed by atoms with Crippen LogP contribution in [0.3, 0.4) is 0 Å². The van der Waals surface area contributed by atoms with Crippen LogP contribution in [0.25, 0.3) is 33.3 Å². The number of hydrogen-bond acceptors (Lipinski definition) is 5. The Labute approximate surface area is 223 Å². The van der Waals surface area contributed by atoms with Gasteiger partial charge in [0, 0.05) is 23.2 Å². The first-order chi connectivity index (χ1) is 17.8. The van der Waals surface area contributed by atoms with Gasteiger partial charge in [0.15, 0.2) is 0 Å². The monoisotopic (exact) mass is 532 g/mol. The molecular weight excluding hydrogens is 511 g/mol. The number of ether oxygens (including phenoxy) is 1. The van der Waals surface area contributed by atoms with Crippen molar-refractivity contribution in [3.63, 3.8) is 0 Å². The van der Waals surface area contributed by atoms with E-state index in [2.05, 4.69) is 10.1 Å². The summed E-state index contributed by atoms with van der Waals surface area (Å²) < 4.78 is 11.9. The van der Waals surface area contributed by atoms with Crippen molar-refractivity contribution >= 4 is 39.9 Å². The molecule has 0 unspecified atom stereocenters. The van der Waals surface area contributed by atoms with Crippen molar-refractivity contribution in [1.82, 2.24) is 10.1 Å². The Kier molecular flexibility index (Phi) is 6.87. The zero-order valence-electron chi connectivity index (χ0n) is 20.0. The number of hydrogen-bond donors (Lipinski definition) is 1. The number of benzene rings is 3. The minimum atomic E-state index is -1.00. The maximum Gasteiger partial charge on any atom is 0.337 e. The van der Waals surface area contributed by atoms with Crippen LogP contribution >= 0.6 is 23.2 Å². The van der Waals surface area contributed by atoms with Crippen molar-refractivity contribution in [2.45, 2.75) is 26.4 Å². The molecule has 0 saturated carbocycles. The first-order valence-electron chi connectivity index (χ1n) is 11.6. The van der Waals surface area contributed by atoms with Gasteiger partial charge in [-0.3, -0.25) is 4.98 Å². The summed E-state index contributed by atoms with van der Waals surface area (Å²) in [4.78, 5) is 15.4. The van der Waals surface area contributed by atoms with Crippen LogP contribution in [0.1, 0.15) is 41.4 Å². The Morgan fingerprint density at radius 1 is 1.00 bits per heavy atom. The number of aromatic nitrogens is 2. The van der Waals surface area contributed by atoms with Crippen LogP contribution in [0.15, 0.2) is 77.4 Å². The highest BCUT2D eigenvalue weighted by Gasteiger charge is 2.23. The lowest BCUT2D eigenvalue weighted by Crippen LogP contribution is -2.01. The molecule has 0 fully saturated rings. The van der Waals surface area contributed by atoms with Gasteiger partial charge in [0.25, 0.3) is 0 Å². The highest BCUT2D eigenvalue weighted by atomic mass is 35.5. The molecule has 1 N–H and O–H groups in total. The molecule has 5 rings (SSSR count). The Hall–Kier alpha value is -3.87. The van der Waals surface area contributed by atoms with Gasteiger partial charge >= 0.3 is 5.97 Å². The van der Waals surface area contributed by atoms with Crippen molar-refractivity contribution in [3.8, 4) is 28.3 Å². The Bertz CT molecular complexity index is 1590.